The van der Waals surface area contributed by atoms with Crippen LogP contribution in [0.5, 0.6) is 0 Å². The molecule has 1 saturated heterocycles. The molecule has 1 unspecified atom stereocenters. The number of aromatic nitrogens is 3. The fourth-order valence-electron chi connectivity index (χ4n) is 5.21. The molecule has 0 spiro atoms. The molecule has 1 aliphatic carbocycles. The van der Waals surface area contributed by atoms with Crippen molar-refractivity contribution in [2.45, 2.75) is 51.1 Å². The number of anilines is 1. The van der Waals surface area contributed by atoms with Crippen LogP contribution in [-0.2, 0) is 17.7 Å². The molecular weight excluding hydrogens is 438 g/mol. The van der Waals surface area contributed by atoms with E-state index in [2.05, 4.69) is 41.1 Å². The fraction of sp³-hybridized carbons (Fsp3) is 0.429. The van der Waals surface area contributed by atoms with Crippen LogP contribution in [0.4, 0.5) is 5.82 Å². The summed E-state index contributed by atoms with van der Waals surface area (Å²) in [6.07, 6.45) is 7.88. The summed E-state index contributed by atoms with van der Waals surface area (Å²) in [4.78, 5) is 31.6. The molecule has 2 aromatic heterocycles. The third-order valence-corrected chi connectivity index (χ3v) is 7.53. The zero-order valence-corrected chi connectivity index (χ0v) is 20.1. The van der Waals surface area contributed by atoms with Crippen LogP contribution in [0.1, 0.15) is 59.3 Å². The van der Waals surface area contributed by atoms with Crippen LogP contribution in [0.15, 0.2) is 42.7 Å². The summed E-state index contributed by atoms with van der Waals surface area (Å²) in [5.74, 6) is 2.30. The average molecular weight is 469 g/mol. The molecule has 2 fully saturated rings. The summed E-state index contributed by atoms with van der Waals surface area (Å²) in [5.41, 5.74) is 4.96. The summed E-state index contributed by atoms with van der Waals surface area (Å²) in [6, 6.07) is 13.7. The number of fused-ring (bicyclic) bond motifs is 1. The van der Waals surface area contributed by atoms with Gasteiger partial charge in [0.2, 0.25) is 0 Å². The maximum atomic E-state index is 13.2. The summed E-state index contributed by atoms with van der Waals surface area (Å²) in [5, 5.41) is 0. The second-order valence-electron chi connectivity index (χ2n) is 9.80. The van der Waals surface area contributed by atoms with E-state index in [0.29, 0.717) is 50.0 Å². The highest BCUT2D eigenvalue weighted by Crippen LogP contribution is 2.37. The van der Waals surface area contributed by atoms with E-state index in [4.69, 9.17) is 14.7 Å². The van der Waals surface area contributed by atoms with Gasteiger partial charge in [0.05, 0.1) is 37.1 Å². The lowest BCUT2D eigenvalue weighted by Crippen LogP contribution is -2.46. The number of ether oxygens (including phenoxy) is 1. The Kier molecular flexibility index (Phi) is 5.94. The standard InChI is InChI=1S/C28H30N5O2/c1-19-18-35-15-14-33(19)27-24-17-32(28(34)23-6-3-12-29-16-23)13-11-25(24)30-26(31-27)22-9-7-21(8-10-22)20-4-2-5-20/h3,6-9,12,16,19-20H,2,4-5,11,13-15,17-18H2,1H3. The molecule has 7 heteroatoms. The molecule has 1 radical (unpaired) electrons. The number of carbonyl (C=O) groups excluding carboxylic acids is 1. The first-order chi connectivity index (χ1) is 17.2. The van der Waals surface area contributed by atoms with E-state index in [9.17, 15) is 4.79 Å². The van der Waals surface area contributed by atoms with Gasteiger partial charge >= 0.3 is 0 Å². The molecule has 1 amide bonds. The van der Waals surface area contributed by atoms with Crippen molar-refractivity contribution < 1.29 is 9.53 Å². The lowest BCUT2D eigenvalue weighted by molar-refractivity contribution is 0.0731. The topological polar surface area (TPSA) is 71.5 Å². The van der Waals surface area contributed by atoms with Crippen molar-refractivity contribution >= 4 is 11.7 Å². The Hall–Kier alpha value is -3.32. The van der Waals surface area contributed by atoms with E-state index >= 15 is 0 Å². The predicted molar refractivity (Wildman–Crippen MR) is 133 cm³/mol. The number of nitrogens with zero attached hydrogens (tertiary/aromatic N) is 5. The number of amides is 1. The highest BCUT2D eigenvalue weighted by molar-refractivity contribution is 5.94. The molecule has 0 bridgehead atoms. The second-order valence-corrected chi connectivity index (χ2v) is 9.80. The van der Waals surface area contributed by atoms with Crippen molar-refractivity contribution in [3.63, 3.8) is 0 Å². The largest absolute Gasteiger partial charge is 0.377 e. The van der Waals surface area contributed by atoms with Crippen molar-refractivity contribution in [2.75, 3.05) is 31.2 Å². The summed E-state index contributed by atoms with van der Waals surface area (Å²) < 4.78 is 5.70. The minimum Gasteiger partial charge on any atom is -0.377 e. The Labute approximate surface area is 206 Å². The molecule has 1 aromatic carbocycles. The lowest BCUT2D eigenvalue weighted by Gasteiger charge is -2.38. The van der Waals surface area contributed by atoms with Gasteiger partial charge in [0, 0.05) is 43.0 Å². The van der Waals surface area contributed by atoms with Crippen LogP contribution >= 0.6 is 0 Å². The summed E-state index contributed by atoms with van der Waals surface area (Å²) in [7, 11) is 0. The molecular formula is C28H30N5O2. The number of rotatable bonds is 4. The Balaban J connectivity index is 1.36. The predicted octanol–water partition coefficient (Wildman–Crippen LogP) is 4.03. The van der Waals surface area contributed by atoms with Crippen molar-refractivity contribution in [3.05, 3.63) is 71.2 Å². The molecule has 4 heterocycles. The Morgan fingerprint density at radius 2 is 2.09 bits per heavy atom. The normalized spacial score (nSPS) is 20.3. The Bertz CT molecular complexity index is 1210. The number of benzene rings is 1. The molecule has 7 nitrogen and oxygen atoms in total. The van der Waals surface area contributed by atoms with Gasteiger partial charge in [0.1, 0.15) is 5.82 Å². The van der Waals surface area contributed by atoms with Gasteiger partial charge in [0.15, 0.2) is 5.82 Å². The quantitative estimate of drug-likeness (QED) is 0.576. The van der Waals surface area contributed by atoms with Gasteiger partial charge in [-0.15, -0.1) is 0 Å². The third kappa shape index (κ3) is 4.29. The molecule has 6 rings (SSSR count). The van der Waals surface area contributed by atoms with Gasteiger partial charge in [-0.2, -0.15) is 0 Å². The van der Waals surface area contributed by atoms with Gasteiger partial charge in [-0.25, -0.2) is 9.97 Å². The van der Waals surface area contributed by atoms with Crippen LogP contribution in [0.25, 0.3) is 11.4 Å². The SMILES string of the molecule is CC1COCCN1c1nc(-c2[c]cc(C3CCC3)cc2)nc2c1CN(C(=O)c1cccnc1)CC2. The minimum atomic E-state index is -0.00582. The van der Waals surface area contributed by atoms with Crippen LogP contribution < -0.4 is 4.90 Å². The Morgan fingerprint density at radius 1 is 1.17 bits per heavy atom. The monoisotopic (exact) mass is 468 g/mol. The first kappa shape index (κ1) is 22.2. The smallest absolute Gasteiger partial charge is 0.255 e. The third-order valence-electron chi connectivity index (χ3n) is 7.53. The number of pyridine rings is 1. The zero-order chi connectivity index (χ0) is 23.8. The molecule has 2 aliphatic heterocycles. The van der Waals surface area contributed by atoms with Crippen LogP contribution in [0.2, 0.25) is 0 Å². The molecule has 35 heavy (non-hydrogen) atoms. The first-order valence-corrected chi connectivity index (χ1v) is 12.6. The number of hydrogen-bond donors (Lipinski definition) is 0. The van der Waals surface area contributed by atoms with Crippen LogP contribution in [0.3, 0.4) is 0 Å². The number of morpholine rings is 1. The summed E-state index contributed by atoms with van der Waals surface area (Å²) in [6.45, 7) is 5.37. The molecule has 3 aromatic rings. The second kappa shape index (κ2) is 9.38. The maximum absolute atomic E-state index is 13.2. The van der Waals surface area contributed by atoms with Crippen LogP contribution in [-0.4, -0.2) is 58.1 Å². The van der Waals surface area contributed by atoms with Gasteiger partial charge < -0.3 is 14.5 Å². The van der Waals surface area contributed by atoms with Crippen molar-refractivity contribution in [1.82, 2.24) is 19.9 Å². The van der Waals surface area contributed by atoms with E-state index in [1.807, 2.05) is 11.0 Å². The maximum Gasteiger partial charge on any atom is 0.255 e. The highest BCUT2D eigenvalue weighted by Gasteiger charge is 2.31. The van der Waals surface area contributed by atoms with Crippen molar-refractivity contribution in [1.29, 1.82) is 0 Å². The lowest BCUT2D eigenvalue weighted by atomic mass is 9.80. The number of carbonyl (C=O) groups is 1. The van der Waals surface area contributed by atoms with E-state index in [0.717, 1.165) is 29.2 Å². The van der Waals surface area contributed by atoms with E-state index in [-0.39, 0.29) is 11.9 Å². The van der Waals surface area contributed by atoms with Gasteiger partial charge in [-0.05, 0) is 49.4 Å². The van der Waals surface area contributed by atoms with E-state index < -0.39 is 0 Å². The highest BCUT2D eigenvalue weighted by atomic mass is 16.5. The Morgan fingerprint density at radius 3 is 2.80 bits per heavy atom. The molecule has 1 saturated carbocycles. The van der Waals surface area contributed by atoms with Crippen LogP contribution in [0, 0.1) is 6.07 Å². The van der Waals surface area contributed by atoms with Gasteiger partial charge in [-0.1, -0.05) is 24.6 Å². The van der Waals surface area contributed by atoms with Crippen molar-refractivity contribution in [2.24, 2.45) is 0 Å². The minimum absolute atomic E-state index is 0.00582. The molecule has 0 N–H and O–H groups in total. The molecule has 179 valence electrons. The number of hydrogen-bond acceptors (Lipinski definition) is 6. The molecule has 3 aliphatic rings. The zero-order valence-electron chi connectivity index (χ0n) is 20.1. The van der Waals surface area contributed by atoms with E-state index in [1.165, 1.54) is 24.8 Å². The van der Waals surface area contributed by atoms with Gasteiger partial charge in [0.25, 0.3) is 5.91 Å². The fourth-order valence-corrected chi connectivity index (χ4v) is 5.21. The van der Waals surface area contributed by atoms with Crippen molar-refractivity contribution in [3.8, 4) is 11.4 Å². The average Bonchev–Trinajstić information content (AvgIpc) is 2.88. The van der Waals surface area contributed by atoms with Gasteiger partial charge in [-0.3, -0.25) is 9.78 Å². The first-order valence-electron chi connectivity index (χ1n) is 12.6. The van der Waals surface area contributed by atoms with E-state index in [1.54, 1.807) is 18.5 Å². The molecule has 1 atom stereocenters. The summed E-state index contributed by atoms with van der Waals surface area (Å²) >= 11 is 0.